The quantitative estimate of drug-likeness (QED) is 0.285. The van der Waals surface area contributed by atoms with E-state index in [1.54, 1.807) is 14.2 Å². The number of benzene rings is 1. The third kappa shape index (κ3) is 5.53. The Morgan fingerprint density at radius 3 is 2.58 bits per heavy atom. The van der Waals surface area contributed by atoms with Gasteiger partial charge in [-0.15, -0.1) is 24.0 Å². The largest absolute Gasteiger partial charge is 0.493 e. The first-order chi connectivity index (χ1) is 12.3. The van der Waals surface area contributed by atoms with Crippen molar-refractivity contribution >= 4 is 29.9 Å². The molecule has 0 heterocycles. The Morgan fingerprint density at radius 2 is 1.92 bits per heavy atom. The molecule has 2 aliphatic carbocycles. The van der Waals surface area contributed by atoms with Gasteiger partial charge >= 0.3 is 0 Å². The number of halogens is 1. The number of ether oxygens (including phenoxy) is 2. The molecule has 0 aliphatic heterocycles. The zero-order valence-electron chi connectivity index (χ0n) is 15.7. The van der Waals surface area contributed by atoms with E-state index < -0.39 is 0 Å². The molecule has 0 unspecified atom stereocenters. The van der Waals surface area contributed by atoms with Crippen molar-refractivity contribution in [1.82, 2.24) is 10.6 Å². The zero-order chi connectivity index (χ0) is 17.5. The number of para-hydroxylation sites is 1. The fraction of sp³-hybridized carbons (Fsp3) is 0.550. The first-order valence-corrected chi connectivity index (χ1v) is 9.25. The van der Waals surface area contributed by atoms with Crippen molar-refractivity contribution in [1.29, 1.82) is 0 Å². The highest BCUT2D eigenvalue weighted by atomic mass is 127. The number of guanidine groups is 1. The summed E-state index contributed by atoms with van der Waals surface area (Å²) in [5, 5.41) is 6.87. The molecule has 144 valence electrons. The lowest BCUT2D eigenvalue weighted by Gasteiger charge is -2.21. The summed E-state index contributed by atoms with van der Waals surface area (Å²) in [4.78, 5) is 4.34. The van der Waals surface area contributed by atoms with Gasteiger partial charge < -0.3 is 20.1 Å². The highest BCUT2D eigenvalue weighted by Crippen LogP contribution is 2.34. The lowest BCUT2D eigenvalue weighted by molar-refractivity contribution is 0.198. The van der Waals surface area contributed by atoms with Crippen LogP contribution in [0.2, 0.25) is 0 Å². The topological polar surface area (TPSA) is 54.9 Å². The smallest absolute Gasteiger partial charge is 0.191 e. The van der Waals surface area contributed by atoms with Crippen LogP contribution in [0.3, 0.4) is 0 Å². The van der Waals surface area contributed by atoms with E-state index in [2.05, 4.69) is 33.8 Å². The molecule has 0 saturated heterocycles. The molecule has 5 nitrogen and oxygen atoms in total. The number of methoxy groups -OCH3 is 1. The van der Waals surface area contributed by atoms with E-state index in [1.165, 1.54) is 12.8 Å². The van der Waals surface area contributed by atoms with E-state index in [0.29, 0.717) is 18.7 Å². The molecule has 0 aromatic heterocycles. The van der Waals surface area contributed by atoms with Crippen LogP contribution in [-0.4, -0.2) is 32.3 Å². The van der Waals surface area contributed by atoms with Gasteiger partial charge in [-0.2, -0.15) is 0 Å². The summed E-state index contributed by atoms with van der Waals surface area (Å²) < 4.78 is 11.8. The van der Waals surface area contributed by atoms with E-state index in [4.69, 9.17) is 9.47 Å². The van der Waals surface area contributed by atoms with Gasteiger partial charge in [-0.05, 0) is 44.6 Å². The maximum Gasteiger partial charge on any atom is 0.191 e. The van der Waals surface area contributed by atoms with Gasteiger partial charge in [-0.1, -0.05) is 24.3 Å². The molecular weight excluding hydrogens is 441 g/mol. The van der Waals surface area contributed by atoms with Gasteiger partial charge in [0.1, 0.15) is 0 Å². The summed E-state index contributed by atoms with van der Waals surface area (Å²) >= 11 is 0. The molecule has 0 bridgehead atoms. The number of hydrogen-bond acceptors (Lipinski definition) is 3. The standard InChI is InChI=1S/C20H29N3O2.HI/c1-21-20(23-16-9-3-4-10-16)22-14-15-8-7-13-18(24-2)19(15)25-17-11-5-6-12-17;/h3-4,7-8,13,16-17H,5-6,9-12,14H2,1-2H3,(H2,21,22,23);1H. The minimum Gasteiger partial charge on any atom is -0.493 e. The fourth-order valence-corrected chi connectivity index (χ4v) is 3.47. The summed E-state index contributed by atoms with van der Waals surface area (Å²) in [6.45, 7) is 0.652. The summed E-state index contributed by atoms with van der Waals surface area (Å²) in [6.07, 6.45) is 11.6. The van der Waals surface area contributed by atoms with Crippen molar-refractivity contribution < 1.29 is 9.47 Å². The maximum atomic E-state index is 6.29. The van der Waals surface area contributed by atoms with Crippen molar-refractivity contribution in [3.8, 4) is 11.5 Å². The Labute approximate surface area is 173 Å². The van der Waals surface area contributed by atoms with Crippen LogP contribution in [0.25, 0.3) is 0 Å². The minimum absolute atomic E-state index is 0. The highest BCUT2D eigenvalue weighted by Gasteiger charge is 2.20. The van der Waals surface area contributed by atoms with Crippen LogP contribution in [-0.2, 0) is 6.54 Å². The fourth-order valence-electron chi connectivity index (χ4n) is 3.47. The number of nitrogens with zero attached hydrogens (tertiary/aromatic N) is 1. The molecule has 6 heteroatoms. The molecule has 0 radical (unpaired) electrons. The van der Waals surface area contributed by atoms with Gasteiger partial charge in [-0.25, -0.2) is 0 Å². The summed E-state index contributed by atoms with van der Waals surface area (Å²) in [5.74, 6) is 2.49. The van der Waals surface area contributed by atoms with Gasteiger partial charge in [0.15, 0.2) is 17.5 Å². The van der Waals surface area contributed by atoms with Crippen molar-refractivity contribution in [2.24, 2.45) is 4.99 Å². The Morgan fingerprint density at radius 1 is 1.19 bits per heavy atom. The van der Waals surface area contributed by atoms with Crippen LogP contribution in [0, 0.1) is 0 Å². The molecule has 0 atom stereocenters. The van der Waals surface area contributed by atoms with Crippen LogP contribution >= 0.6 is 24.0 Å². The molecule has 1 fully saturated rings. The predicted molar refractivity (Wildman–Crippen MR) is 117 cm³/mol. The van der Waals surface area contributed by atoms with Gasteiger partial charge in [-0.3, -0.25) is 4.99 Å². The zero-order valence-corrected chi connectivity index (χ0v) is 18.0. The Bertz CT molecular complexity index is 619. The second-order valence-electron chi connectivity index (χ2n) is 6.68. The Balaban J connectivity index is 0.00000243. The number of rotatable bonds is 6. The lowest BCUT2D eigenvalue weighted by Crippen LogP contribution is -2.42. The second kappa shape index (κ2) is 10.6. The van der Waals surface area contributed by atoms with Crippen molar-refractivity contribution in [3.63, 3.8) is 0 Å². The molecular formula is C20H30IN3O2. The van der Waals surface area contributed by atoms with Crippen molar-refractivity contribution in [2.45, 2.75) is 57.2 Å². The molecule has 1 aromatic carbocycles. The Kier molecular flexibility index (Phi) is 8.54. The maximum absolute atomic E-state index is 6.29. The Hall–Kier alpha value is -1.44. The average molecular weight is 471 g/mol. The number of aliphatic imine (C=N–C) groups is 1. The van der Waals surface area contributed by atoms with E-state index in [-0.39, 0.29) is 24.0 Å². The first kappa shape index (κ1) is 20.9. The SMILES string of the molecule is CN=C(NCc1cccc(OC)c1OC1CCCC1)NC1CC=CC1.I. The molecule has 2 N–H and O–H groups in total. The van der Waals surface area contributed by atoms with Crippen LogP contribution < -0.4 is 20.1 Å². The third-order valence-corrected chi connectivity index (χ3v) is 4.89. The molecule has 1 aromatic rings. The number of nitrogens with one attached hydrogen (secondary N) is 2. The van der Waals surface area contributed by atoms with Crippen LogP contribution in [0.4, 0.5) is 0 Å². The van der Waals surface area contributed by atoms with Gasteiger partial charge in [0.25, 0.3) is 0 Å². The molecule has 0 amide bonds. The summed E-state index contributed by atoms with van der Waals surface area (Å²) in [5.41, 5.74) is 1.10. The van der Waals surface area contributed by atoms with E-state index in [0.717, 1.165) is 48.7 Å². The van der Waals surface area contributed by atoms with E-state index >= 15 is 0 Å². The normalized spacial score (nSPS) is 17.8. The second-order valence-corrected chi connectivity index (χ2v) is 6.68. The molecule has 1 saturated carbocycles. The van der Waals surface area contributed by atoms with Gasteiger partial charge in [0, 0.05) is 25.2 Å². The van der Waals surface area contributed by atoms with Crippen LogP contribution in [0.1, 0.15) is 44.1 Å². The third-order valence-electron chi connectivity index (χ3n) is 4.89. The van der Waals surface area contributed by atoms with Gasteiger partial charge in [0.05, 0.1) is 13.2 Å². The van der Waals surface area contributed by atoms with Crippen molar-refractivity contribution in [2.75, 3.05) is 14.2 Å². The first-order valence-electron chi connectivity index (χ1n) is 9.25. The lowest BCUT2D eigenvalue weighted by atomic mass is 10.1. The molecule has 26 heavy (non-hydrogen) atoms. The predicted octanol–water partition coefficient (Wildman–Crippen LogP) is 4.02. The van der Waals surface area contributed by atoms with Crippen LogP contribution in [0.5, 0.6) is 11.5 Å². The average Bonchev–Trinajstić information content (AvgIpc) is 3.33. The van der Waals surface area contributed by atoms with Gasteiger partial charge in [0.2, 0.25) is 0 Å². The van der Waals surface area contributed by atoms with E-state index in [1.807, 2.05) is 12.1 Å². The summed E-state index contributed by atoms with van der Waals surface area (Å²) in [6, 6.07) is 6.50. The molecule has 0 spiro atoms. The highest BCUT2D eigenvalue weighted by molar-refractivity contribution is 14.0. The number of hydrogen-bond donors (Lipinski definition) is 2. The molecule has 2 aliphatic rings. The molecule has 3 rings (SSSR count). The van der Waals surface area contributed by atoms with Crippen LogP contribution in [0.15, 0.2) is 35.3 Å². The monoisotopic (exact) mass is 471 g/mol. The van der Waals surface area contributed by atoms with E-state index in [9.17, 15) is 0 Å². The summed E-state index contributed by atoms with van der Waals surface area (Å²) in [7, 11) is 3.50. The van der Waals surface area contributed by atoms with Crippen molar-refractivity contribution in [3.05, 3.63) is 35.9 Å². The minimum atomic E-state index is 0.